The quantitative estimate of drug-likeness (QED) is 0.277. The number of hydrogen-bond donors (Lipinski definition) is 1. The van der Waals surface area contributed by atoms with E-state index in [9.17, 15) is 9.59 Å². The highest BCUT2D eigenvalue weighted by Crippen LogP contribution is 2.25. The van der Waals surface area contributed by atoms with Crippen LogP contribution in [0.4, 0.5) is 0 Å². The van der Waals surface area contributed by atoms with E-state index < -0.39 is 5.97 Å². The van der Waals surface area contributed by atoms with Gasteiger partial charge in [0.2, 0.25) is 0 Å². The average Bonchev–Trinajstić information content (AvgIpc) is 2.89. The Labute approximate surface area is 208 Å². The van der Waals surface area contributed by atoms with Gasteiger partial charge in [0.1, 0.15) is 5.75 Å². The zero-order valence-corrected chi connectivity index (χ0v) is 20.7. The lowest BCUT2D eigenvalue weighted by Gasteiger charge is -2.29. The second-order valence-electron chi connectivity index (χ2n) is 8.79. The Bertz CT molecular complexity index is 1080. The summed E-state index contributed by atoms with van der Waals surface area (Å²) in [5.74, 6) is 0.00877. The van der Waals surface area contributed by atoms with Crippen molar-refractivity contribution >= 4 is 11.9 Å². The van der Waals surface area contributed by atoms with Crippen LogP contribution in [0.2, 0.25) is 0 Å². The fourth-order valence-corrected chi connectivity index (χ4v) is 3.95. The molecule has 0 bridgehead atoms. The molecule has 0 fully saturated rings. The molecular formula is C30H35NO4. The van der Waals surface area contributed by atoms with Gasteiger partial charge in [-0.15, -0.1) is 0 Å². The van der Waals surface area contributed by atoms with E-state index in [4.69, 9.17) is 9.84 Å². The molecule has 0 saturated heterocycles. The molecule has 5 nitrogen and oxygen atoms in total. The van der Waals surface area contributed by atoms with Crippen LogP contribution in [0.3, 0.4) is 0 Å². The number of carbonyl (C=O) groups excluding carboxylic acids is 1. The van der Waals surface area contributed by atoms with Gasteiger partial charge in [0.15, 0.2) is 0 Å². The summed E-state index contributed by atoms with van der Waals surface area (Å²) in [4.78, 5) is 26.1. The van der Waals surface area contributed by atoms with Gasteiger partial charge in [0, 0.05) is 30.1 Å². The van der Waals surface area contributed by atoms with E-state index in [1.807, 2.05) is 71.6 Å². The summed E-state index contributed by atoms with van der Waals surface area (Å²) in [6, 6.07) is 25.8. The summed E-state index contributed by atoms with van der Waals surface area (Å²) in [7, 11) is 0. The van der Waals surface area contributed by atoms with Crippen LogP contribution in [-0.2, 0) is 11.3 Å². The highest BCUT2D eigenvalue weighted by Gasteiger charge is 2.22. The number of carbonyl (C=O) groups is 2. The fourth-order valence-electron chi connectivity index (χ4n) is 3.95. The zero-order valence-electron chi connectivity index (χ0n) is 20.7. The Morgan fingerprint density at radius 3 is 2.20 bits per heavy atom. The topological polar surface area (TPSA) is 66.8 Å². The van der Waals surface area contributed by atoms with E-state index in [-0.39, 0.29) is 18.4 Å². The van der Waals surface area contributed by atoms with Gasteiger partial charge in [-0.2, -0.15) is 0 Å². The van der Waals surface area contributed by atoms with Gasteiger partial charge in [0.05, 0.1) is 6.61 Å². The summed E-state index contributed by atoms with van der Waals surface area (Å²) >= 11 is 0. The normalized spacial score (nSPS) is 11.6. The molecule has 1 N–H and O–H groups in total. The van der Waals surface area contributed by atoms with E-state index in [1.54, 1.807) is 0 Å². The molecule has 3 aromatic rings. The molecule has 0 saturated carbocycles. The maximum atomic E-state index is 13.5. The molecule has 0 aromatic heterocycles. The largest absolute Gasteiger partial charge is 0.493 e. The molecule has 184 valence electrons. The number of carboxylic acids is 1. The van der Waals surface area contributed by atoms with E-state index in [2.05, 4.69) is 26.0 Å². The molecule has 0 aliphatic carbocycles. The Balaban J connectivity index is 1.69. The minimum absolute atomic E-state index is 0.00225. The van der Waals surface area contributed by atoms with Crippen molar-refractivity contribution in [3.05, 3.63) is 90.0 Å². The molecule has 1 atom stereocenters. The van der Waals surface area contributed by atoms with Crippen LogP contribution < -0.4 is 4.74 Å². The summed E-state index contributed by atoms with van der Waals surface area (Å²) < 4.78 is 6.02. The number of para-hydroxylation sites is 1. The highest BCUT2D eigenvalue weighted by atomic mass is 16.5. The second-order valence-corrected chi connectivity index (χ2v) is 8.79. The van der Waals surface area contributed by atoms with Crippen molar-refractivity contribution in [3.63, 3.8) is 0 Å². The monoisotopic (exact) mass is 473 g/mol. The molecule has 35 heavy (non-hydrogen) atoms. The van der Waals surface area contributed by atoms with Gasteiger partial charge in [-0.05, 0) is 61.9 Å². The number of benzene rings is 3. The Kier molecular flexibility index (Phi) is 9.91. The number of aliphatic carboxylic acids is 1. The molecule has 0 spiro atoms. The van der Waals surface area contributed by atoms with Crippen LogP contribution in [0.1, 0.15) is 61.9 Å². The molecule has 0 aliphatic heterocycles. The number of carboxylic acid groups (broad SMARTS) is 1. The smallest absolute Gasteiger partial charge is 0.303 e. The average molecular weight is 474 g/mol. The molecule has 3 aromatic carbocycles. The summed E-state index contributed by atoms with van der Waals surface area (Å²) in [5.41, 5.74) is 3.84. The molecule has 1 unspecified atom stereocenters. The molecule has 1 amide bonds. The first-order valence-corrected chi connectivity index (χ1v) is 12.4. The molecule has 0 radical (unpaired) electrons. The van der Waals surface area contributed by atoms with Crippen molar-refractivity contribution in [1.82, 2.24) is 4.90 Å². The van der Waals surface area contributed by atoms with Gasteiger partial charge in [0.25, 0.3) is 5.91 Å². The standard InChI is InChI=1S/C30H35NO4/c1-3-23(2)31(30(34)26-19-17-25(18-20-26)24-12-6-4-7-13-24)22-27-14-9-10-15-28(27)35-21-11-5-8-16-29(32)33/h4,6-7,9-10,12-15,17-20,23H,3,5,8,11,16,21-22H2,1-2H3,(H,32,33). The number of unbranched alkanes of at least 4 members (excludes halogenated alkanes) is 2. The minimum atomic E-state index is -0.763. The van der Waals surface area contributed by atoms with Crippen molar-refractivity contribution in [2.75, 3.05) is 6.61 Å². The number of nitrogens with zero attached hydrogens (tertiary/aromatic N) is 1. The van der Waals surface area contributed by atoms with E-state index in [1.165, 1.54) is 0 Å². The van der Waals surface area contributed by atoms with Crippen LogP contribution >= 0.6 is 0 Å². The minimum Gasteiger partial charge on any atom is -0.493 e. The number of amides is 1. The molecular weight excluding hydrogens is 438 g/mol. The SMILES string of the molecule is CCC(C)N(Cc1ccccc1OCCCCCC(=O)O)C(=O)c1ccc(-c2ccccc2)cc1. The Hall–Kier alpha value is -3.60. The van der Waals surface area contributed by atoms with E-state index in [0.29, 0.717) is 25.1 Å². The summed E-state index contributed by atoms with van der Waals surface area (Å²) in [6.07, 6.45) is 3.29. The van der Waals surface area contributed by atoms with Crippen molar-refractivity contribution in [3.8, 4) is 16.9 Å². The predicted octanol–water partition coefficient (Wildman–Crippen LogP) is 6.82. The van der Waals surface area contributed by atoms with Crippen LogP contribution in [0.5, 0.6) is 5.75 Å². The fraction of sp³-hybridized carbons (Fsp3) is 0.333. The summed E-state index contributed by atoms with van der Waals surface area (Å²) in [5, 5.41) is 8.76. The van der Waals surface area contributed by atoms with E-state index >= 15 is 0 Å². The van der Waals surface area contributed by atoms with Crippen LogP contribution in [0.25, 0.3) is 11.1 Å². The Morgan fingerprint density at radius 1 is 0.857 bits per heavy atom. The first-order valence-electron chi connectivity index (χ1n) is 12.4. The van der Waals surface area contributed by atoms with Crippen LogP contribution in [0.15, 0.2) is 78.9 Å². The zero-order chi connectivity index (χ0) is 25.0. The maximum absolute atomic E-state index is 13.5. The molecule has 5 heteroatoms. The third-order valence-electron chi connectivity index (χ3n) is 6.23. The lowest BCUT2D eigenvalue weighted by Crippen LogP contribution is -2.37. The lowest BCUT2D eigenvalue weighted by atomic mass is 10.0. The first-order chi connectivity index (χ1) is 17.0. The van der Waals surface area contributed by atoms with Gasteiger partial charge in [-0.25, -0.2) is 0 Å². The maximum Gasteiger partial charge on any atom is 0.303 e. The lowest BCUT2D eigenvalue weighted by molar-refractivity contribution is -0.137. The van der Waals surface area contributed by atoms with Gasteiger partial charge < -0.3 is 14.7 Å². The third kappa shape index (κ3) is 7.71. The Morgan fingerprint density at radius 2 is 1.51 bits per heavy atom. The number of ether oxygens (including phenoxy) is 1. The third-order valence-corrected chi connectivity index (χ3v) is 6.23. The highest BCUT2D eigenvalue weighted by molar-refractivity contribution is 5.95. The summed E-state index contributed by atoms with van der Waals surface area (Å²) in [6.45, 7) is 5.14. The molecule has 0 heterocycles. The van der Waals surface area contributed by atoms with Gasteiger partial charge in [-0.1, -0.05) is 67.6 Å². The molecule has 0 aliphatic rings. The van der Waals surface area contributed by atoms with Gasteiger partial charge >= 0.3 is 5.97 Å². The van der Waals surface area contributed by atoms with E-state index in [0.717, 1.165) is 41.7 Å². The van der Waals surface area contributed by atoms with Crippen LogP contribution in [-0.4, -0.2) is 34.5 Å². The first kappa shape index (κ1) is 26.0. The van der Waals surface area contributed by atoms with Crippen LogP contribution in [0, 0.1) is 0 Å². The van der Waals surface area contributed by atoms with Gasteiger partial charge in [-0.3, -0.25) is 9.59 Å². The second kappa shape index (κ2) is 13.3. The molecule has 3 rings (SSSR count). The van der Waals surface area contributed by atoms with Crippen molar-refractivity contribution in [1.29, 1.82) is 0 Å². The van der Waals surface area contributed by atoms with Crippen molar-refractivity contribution in [2.45, 2.75) is 58.5 Å². The van der Waals surface area contributed by atoms with Crippen molar-refractivity contribution < 1.29 is 19.4 Å². The number of rotatable bonds is 13. The number of hydrogen-bond acceptors (Lipinski definition) is 3. The predicted molar refractivity (Wildman–Crippen MR) is 140 cm³/mol. The van der Waals surface area contributed by atoms with Crippen molar-refractivity contribution in [2.24, 2.45) is 0 Å².